The first-order valence-corrected chi connectivity index (χ1v) is 9.64. The Morgan fingerprint density at radius 2 is 1.86 bits per heavy atom. The summed E-state index contributed by atoms with van der Waals surface area (Å²) in [7, 11) is 0. The van der Waals surface area contributed by atoms with E-state index in [2.05, 4.69) is 24.1 Å². The van der Waals surface area contributed by atoms with E-state index in [-0.39, 0.29) is 23.8 Å². The largest absolute Gasteiger partial charge is 0.325 e. The molecule has 0 aliphatic carbocycles. The summed E-state index contributed by atoms with van der Waals surface area (Å²) in [4.78, 5) is 29.8. The van der Waals surface area contributed by atoms with E-state index in [1.807, 2.05) is 31.2 Å². The van der Waals surface area contributed by atoms with Crippen molar-refractivity contribution in [2.45, 2.75) is 39.7 Å². The van der Waals surface area contributed by atoms with Crippen molar-refractivity contribution >= 4 is 11.6 Å². The van der Waals surface area contributed by atoms with E-state index in [4.69, 9.17) is 0 Å². The zero-order valence-electron chi connectivity index (χ0n) is 16.8. The van der Waals surface area contributed by atoms with Gasteiger partial charge in [-0.05, 0) is 54.3 Å². The lowest BCUT2D eigenvalue weighted by Gasteiger charge is -2.14. The number of nitrogens with zero attached hydrogens (tertiary/aromatic N) is 2. The van der Waals surface area contributed by atoms with Crippen LogP contribution >= 0.6 is 0 Å². The molecule has 0 atom stereocenters. The maximum atomic E-state index is 13.3. The Labute approximate surface area is 169 Å². The Kier molecular flexibility index (Phi) is 6.22. The molecule has 1 amide bonds. The van der Waals surface area contributed by atoms with Gasteiger partial charge >= 0.3 is 0 Å². The van der Waals surface area contributed by atoms with Gasteiger partial charge in [0.2, 0.25) is 5.91 Å². The average molecular weight is 393 g/mol. The number of rotatable bonds is 6. The highest BCUT2D eigenvalue weighted by molar-refractivity contribution is 5.90. The van der Waals surface area contributed by atoms with Gasteiger partial charge in [0.25, 0.3) is 5.56 Å². The van der Waals surface area contributed by atoms with E-state index >= 15 is 0 Å². The monoisotopic (exact) mass is 393 g/mol. The normalized spacial score (nSPS) is 10.9. The minimum atomic E-state index is -0.378. The number of halogens is 1. The predicted molar refractivity (Wildman–Crippen MR) is 112 cm³/mol. The van der Waals surface area contributed by atoms with E-state index in [9.17, 15) is 14.0 Å². The van der Waals surface area contributed by atoms with Crippen molar-refractivity contribution in [3.05, 3.63) is 82.0 Å². The highest BCUT2D eigenvalue weighted by Crippen LogP contribution is 2.20. The third-order valence-corrected chi connectivity index (χ3v) is 4.66. The number of hydrogen-bond donors (Lipinski definition) is 1. The van der Waals surface area contributed by atoms with Gasteiger partial charge in [-0.15, -0.1) is 0 Å². The van der Waals surface area contributed by atoms with Crippen molar-refractivity contribution in [2.24, 2.45) is 0 Å². The summed E-state index contributed by atoms with van der Waals surface area (Å²) in [6, 6.07) is 14.8. The summed E-state index contributed by atoms with van der Waals surface area (Å²) in [5.41, 5.74) is 2.67. The molecule has 0 saturated carbocycles. The summed E-state index contributed by atoms with van der Waals surface area (Å²) in [6.45, 7) is 5.87. The fourth-order valence-corrected chi connectivity index (χ4v) is 3.03. The van der Waals surface area contributed by atoms with Gasteiger partial charge in [-0.25, -0.2) is 9.37 Å². The third-order valence-electron chi connectivity index (χ3n) is 4.66. The first kappa shape index (κ1) is 20.5. The molecule has 0 aliphatic rings. The van der Waals surface area contributed by atoms with Gasteiger partial charge in [-0.2, -0.15) is 0 Å². The number of aromatic nitrogens is 2. The summed E-state index contributed by atoms with van der Waals surface area (Å²) in [6.07, 6.45) is 0.582. The molecule has 6 heteroatoms. The molecule has 0 unspecified atom stereocenters. The molecule has 1 heterocycles. The van der Waals surface area contributed by atoms with Gasteiger partial charge < -0.3 is 5.32 Å². The quantitative estimate of drug-likeness (QED) is 0.676. The summed E-state index contributed by atoms with van der Waals surface area (Å²) in [5.74, 6) is -0.0229. The molecule has 1 aromatic heterocycles. The van der Waals surface area contributed by atoms with Crippen LogP contribution in [0.2, 0.25) is 0 Å². The summed E-state index contributed by atoms with van der Waals surface area (Å²) in [5, 5.41) is 2.84. The minimum absolute atomic E-state index is 0.186. The molecule has 0 radical (unpaired) electrons. The maximum Gasteiger partial charge on any atom is 0.254 e. The van der Waals surface area contributed by atoms with Crippen LogP contribution in [0.1, 0.15) is 37.9 Å². The van der Waals surface area contributed by atoms with Crippen LogP contribution in [0.5, 0.6) is 0 Å². The molecule has 5 nitrogen and oxygen atoms in total. The molecule has 1 N–H and O–H groups in total. The smallest absolute Gasteiger partial charge is 0.254 e. The topological polar surface area (TPSA) is 64.0 Å². The minimum Gasteiger partial charge on any atom is -0.325 e. The van der Waals surface area contributed by atoms with Crippen molar-refractivity contribution in [1.29, 1.82) is 0 Å². The summed E-state index contributed by atoms with van der Waals surface area (Å²) < 4.78 is 14.6. The number of anilines is 1. The fraction of sp³-hybridized carbons (Fsp3) is 0.261. The van der Waals surface area contributed by atoms with Crippen LogP contribution in [-0.4, -0.2) is 15.5 Å². The number of carbonyl (C=O) groups is 1. The molecule has 0 saturated heterocycles. The summed E-state index contributed by atoms with van der Waals surface area (Å²) >= 11 is 0. The second-order valence-corrected chi connectivity index (χ2v) is 7.18. The van der Waals surface area contributed by atoms with Gasteiger partial charge in [0, 0.05) is 23.0 Å². The lowest BCUT2D eigenvalue weighted by molar-refractivity contribution is -0.116. The molecule has 2 aromatic carbocycles. The maximum absolute atomic E-state index is 13.3. The van der Waals surface area contributed by atoms with Crippen LogP contribution in [0.25, 0.3) is 11.4 Å². The zero-order chi connectivity index (χ0) is 21.0. The van der Waals surface area contributed by atoms with Crippen LogP contribution < -0.4 is 10.9 Å². The van der Waals surface area contributed by atoms with Crippen LogP contribution in [0.3, 0.4) is 0 Å². The Morgan fingerprint density at radius 3 is 2.52 bits per heavy atom. The molecule has 0 bridgehead atoms. The number of amides is 1. The van der Waals surface area contributed by atoms with E-state index in [0.29, 0.717) is 35.1 Å². The van der Waals surface area contributed by atoms with E-state index in [1.165, 1.54) is 22.8 Å². The van der Waals surface area contributed by atoms with E-state index < -0.39 is 0 Å². The van der Waals surface area contributed by atoms with Crippen LogP contribution in [0, 0.1) is 5.82 Å². The Bertz CT molecular complexity index is 1070. The van der Waals surface area contributed by atoms with Crippen LogP contribution in [0.15, 0.2) is 59.4 Å². The van der Waals surface area contributed by atoms with Crippen molar-refractivity contribution in [1.82, 2.24) is 9.55 Å². The van der Waals surface area contributed by atoms with Crippen LogP contribution in [-0.2, 0) is 17.8 Å². The molecular formula is C23H24FN3O2. The first-order chi connectivity index (χ1) is 13.9. The van der Waals surface area contributed by atoms with Gasteiger partial charge in [0.15, 0.2) is 0 Å². The zero-order valence-corrected chi connectivity index (χ0v) is 16.8. The van der Waals surface area contributed by atoms with Crippen molar-refractivity contribution in [3.63, 3.8) is 0 Å². The first-order valence-electron chi connectivity index (χ1n) is 9.64. The average Bonchev–Trinajstić information content (AvgIpc) is 2.70. The van der Waals surface area contributed by atoms with Crippen molar-refractivity contribution < 1.29 is 9.18 Å². The van der Waals surface area contributed by atoms with E-state index in [0.717, 1.165) is 5.56 Å². The number of nitrogens with one attached hydrogen (secondary N) is 1. The number of hydrogen-bond acceptors (Lipinski definition) is 3. The van der Waals surface area contributed by atoms with Gasteiger partial charge in [-0.1, -0.05) is 32.9 Å². The number of aryl methyl sites for hydroxylation is 1. The highest BCUT2D eigenvalue weighted by Gasteiger charge is 2.14. The number of benzene rings is 2. The van der Waals surface area contributed by atoms with Gasteiger partial charge in [0.05, 0.1) is 0 Å². The Balaban J connectivity index is 1.92. The van der Waals surface area contributed by atoms with Crippen molar-refractivity contribution in [2.75, 3.05) is 5.32 Å². The van der Waals surface area contributed by atoms with Crippen LogP contribution in [0.4, 0.5) is 10.1 Å². The second-order valence-electron chi connectivity index (χ2n) is 7.18. The van der Waals surface area contributed by atoms with Crippen molar-refractivity contribution in [3.8, 4) is 11.4 Å². The third kappa shape index (κ3) is 4.96. The lowest BCUT2D eigenvalue weighted by Crippen LogP contribution is -2.30. The van der Waals surface area contributed by atoms with Gasteiger partial charge in [0.1, 0.15) is 18.2 Å². The molecule has 0 spiro atoms. The van der Waals surface area contributed by atoms with E-state index in [1.54, 1.807) is 12.1 Å². The lowest BCUT2D eigenvalue weighted by atomic mass is 10.0. The fourth-order valence-electron chi connectivity index (χ4n) is 3.03. The SMILES string of the molecule is CCc1cc(=O)n(CC(=O)Nc2cccc(C(C)C)c2)c(-c2ccc(F)cc2)n1. The highest BCUT2D eigenvalue weighted by atomic mass is 19.1. The molecule has 3 aromatic rings. The Hall–Kier alpha value is -3.28. The molecular weight excluding hydrogens is 369 g/mol. The molecule has 0 fully saturated rings. The molecule has 3 rings (SSSR count). The predicted octanol–water partition coefficient (Wildman–Crippen LogP) is 4.37. The molecule has 150 valence electrons. The second kappa shape index (κ2) is 8.82. The molecule has 0 aliphatic heterocycles. The standard InChI is InChI=1S/C23H24FN3O2/c1-4-19-13-22(29)27(23(26-19)16-8-10-18(24)11-9-16)14-21(28)25-20-7-5-6-17(12-20)15(2)3/h5-13,15H,4,14H2,1-3H3,(H,25,28). The Morgan fingerprint density at radius 1 is 1.14 bits per heavy atom. The number of carbonyl (C=O) groups excluding carboxylic acids is 1. The van der Waals surface area contributed by atoms with Gasteiger partial charge in [-0.3, -0.25) is 14.2 Å². The molecule has 29 heavy (non-hydrogen) atoms.